The Kier molecular flexibility index (Phi) is 4.11. The molecule has 6 heteroatoms. The van der Waals surface area contributed by atoms with Crippen LogP contribution in [0.3, 0.4) is 0 Å². The molecule has 1 aromatic rings. The molecule has 1 amide bonds. The summed E-state index contributed by atoms with van der Waals surface area (Å²) < 4.78 is 39.1. The molecule has 1 aliphatic carbocycles. The van der Waals surface area contributed by atoms with Crippen molar-refractivity contribution in [2.75, 3.05) is 7.05 Å². The number of amides is 1. The zero-order valence-corrected chi connectivity index (χ0v) is 11.0. The van der Waals surface area contributed by atoms with E-state index in [1.165, 1.54) is 11.9 Å². The highest BCUT2D eigenvalue weighted by atomic mass is 19.2. The van der Waals surface area contributed by atoms with E-state index in [1.54, 1.807) is 0 Å². The molecule has 1 fully saturated rings. The number of halogens is 3. The van der Waals surface area contributed by atoms with Crippen LogP contribution in [0.4, 0.5) is 13.2 Å². The van der Waals surface area contributed by atoms with Gasteiger partial charge in [-0.25, -0.2) is 13.2 Å². The SMILES string of the molecule is CN(C(=O)c1cc(F)c(F)c(F)c1)C1CCC(=O)CC1. The smallest absolute Gasteiger partial charge is 0.254 e. The van der Waals surface area contributed by atoms with Crippen molar-refractivity contribution in [2.45, 2.75) is 31.7 Å². The van der Waals surface area contributed by atoms with Gasteiger partial charge in [-0.3, -0.25) is 9.59 Å². The third-order valence-corrected chi connectivity index (χ3v) is 3.61. The van der Waals surface area contributed by atoms with Crippen LogP contribution < -0.4 is 0 Å². The molecule has 20 heavy (non-hydrogen) atoms. The number of ketones is 1. The number of nitrogens with zero attached hydrogens (tertiary/aromatic N) is 1. The number of hydrogen-bond donors (Lipinski definition) is 0. The van der Waals surface area contributed by atoms with E-state index in [9.17, 15) is 22.8 Å². The first-order valence-corrected chi connectivity index (χ1v) is 6.33. The molecule has 1 aromatic carbocycles. The molecule has 0 spiro atoms. The first-order valence-electron chi connectivity index (χ1n) is 6.33. The van der Waals surface area contributed by atoms with E-state index < -0.39 is 23.4 Å². The predicted octanol–water partition coefficient (Wildman–Crippen LogP) is 2.69. The number of hydrogen-bond acceptors (Lipinski definition) is 2. The minimum Gasteiger partial charge on any atom is -0.339 e. The second-order valence-corrected chi connectivity index (χ2v) is 4.94. The topological polar surface area (TPSA) is 37.4 Å². The monoisotopic (exact) mass is 285 g/mol. The van der Waals surface area contributed by atoms with Gasteiger partial charge in [-0.1, -0.05) is 0 Å². The summed E-state index contributed by atoms with van der Waals surface area (Å²) in [5, 5.41) is 0. The molecule has 0 saturated heterocycles. The van der Waals surface area contributed by atoms with Crippen molar-refractivity contribution < 1.29 is 22.8 Å². The van der Waals surface area contributed by atoms with Gasteiger partial charge >= 0.3 is 0 Å². The maximum Gasteiger partial charge on any atom is 0.254 e. The summed E-state index contributed by atoms with van der Waals surface area (Å²) in [6.45, 7) is 0. The predicted molar refractivity (Wildman–Crippen MR) is 65.7 cm³/mol. The molecule has 0 bridgehead atoms. The van der Waals surface area contributed by atoms with E-state index in [0.29, 0.717) is 37.8 Å². The quantitative estimate of drug-likeness (QED) is 0.783. The Labute approximate surface area is 114 Å². The Hall–Kier alpha value is -1.85. The van der Waals surface area contributed by atoms with E-state index in [1.807, 2.05) is 0 Å². The lowest BCUT2D eigenvalue weighted by Gasteiger charge is -2.30. The van der Waals surface area contributed by atoms with Crippen molar-refractivity contribution in [2.24, 2.45) is 0 Å². The van der Waals surface area contributed by atoms with E-state index in [0.717, 1.165) is 0 Å². The van der Waals surface area contributed by atoms with Crippen LogP contribution in [0.5, 0.6) is 0 Å². The molecule has 0 N–H and O–H groups in total. The average molecular weight is 285 g/mol. The Morgan fingerprint density at radius 3 is 2.15 bits per heavy atom. The summed E-state index contributed by atoms with van der Waals surface area (Å²) in [5.74, 6) is -4.79. The summed E-state index contributed by atoms with van der Waals surface area (Å²) in [6, 6.07) is 1.23. The third-order valence-electron chi connectivity index (χ3n) is 3.61. The normalized spacial score (nSPS) is 16.3. The van der Waals surface area contributed by atoms with Gasteiger partial charge in [-0.05, 0) is 25.0 Å². The highest BCUT2D eigenvalue weighted by Gasteiger charge is 2.27. The molecule has 0 radical (unpaired) electrons. The summed E-state index contributed by atoms with van der Waals surface area (Å²) in [6.07, 6.45) is 1.86. The molecule has 2 rings (SSSR count). The Bertz CT molecular complexity index is 526. The van der Waals surface area contributed by atoms with E-state index in [-0.39, 0.29) is 17.4 Å². The molecule has 0 atom stereocenters. The second-order valence-electron chi connectivity index (χ2n) is 4.94. The molecule has 0 heterocycles. The Morgan fingerprint density at radius 1 is 1.15 bits per heavy atom. The Balaban J connectivity index is 2.16. The summed E-state index contributed by atoms with van der Waals surface area (Å²) in [7, 11) is 1.52. The van der Waals surface area contributed by atoms with Crippen LogP contribution in [0.25, 0.3) is 0 Å². The fraction of sp³-hybridized carbons (Fsp3) is 0.429. The van der Waals surface area contributed by atoms with Crippen LogP contribution in [-0.4, -0.2) is 29.7 Å². The van der Waals surface area contributed by atoms with Gasteiger partial charge in [-0.15, -0.1) is 0 Å². The first kappa shape index (κ1) is 14.6. The van der Waals surface area contributed by atoms with Gasteiger partial charge in [0, 0.05) is 31.5 Å². The molecule has 0 unspecified atom stereocenters. The van der Waals surface area contributed by atoms with E-state index in [2.05, 4.69) is 0 Å². The summed E-state index contributed by atoms with van der Waals surface area (Å²) in [4.78, 5) is 24.6. The molecule has 1 aliphatic rings. The lowest BCUT2D eigenvalue weighted by Crippen LogP contribution is -2.39. The lowest BCUT2D eigenvalue weighted by molar-refractivity contribution is -0.121. The van der Waals surface area contributed by atoms with Crippen LogP contribution in [0.15, 0.2) is 12.1 Å². The molecular weight excluding hydrogens is 271 g/mol. The van der Waals surface area contributed by atoms with Crippen LogP contribution in [-0.2, 0) is 4.79 Å². The standard InChI is InChI=1S/C14H14F3NO2/c1-18(9-2-4-10(19)5-3-9)14(20)8-6-11(15)13(17)12(16)7-8/h6-7,9H,2-5H2,1H3. The van der Waals surface area contributed by atoms with Crippen molar-refractivity contribution in [3.05, 3.63) is 35.1 Å². The largest absolute Gasteiger partial charge is 0.339 e. The third kappa shape index (κ3) is 2.84. The van der Waals surface area contributed by atoms with Crippen LogP contribution in [0.2, 0.25) is 0 Å². The molecule has 108 valence electrons. The van der Waals surface area contributed by atoms with Gasteiger partial charge in [0.25, 0.3) is 5.91 Å². The highest BCUT2D eigenvalue weighted by Crippen LogP contribution is 2.22. The summed E-state index contributed by atoms with van der Waals surface area (Å²) in [5.41, 5.74) is -0.235. The Morgan fingerprint density at radius 2 is 1.65 bits per heavy atom. The summed E-state index contributed by atoms with van der Waals surface area (Å²) >= 11 is 0. The zero-order valence-electron chi connectivity index (χ0n) is 11.0. The molecule has 0 aliphatic heterocycles. The number of rotatable bonds is 2. The van der Waals surface area contributed by atoms with E-state index >= 15 is 0 Å². The van der Waals surface area contributed by atoms with Crippen LogP contribution in [0, 0.1) is 17.5 Å². The van der Waals surface area contributed by atoms with Crippen LogP contribution in [0.1, 0.15) is 36.0 Å². The maximum absolute atomic E-state index is 13.1. The lowest BCUT2D eigenvalue weighted by atomic mass is 9.93. The number of carbonyl (C=O) groups excluding carboxylic acids is 2. The van der Waals surface area contributed by atoms with Crippen molar-refractivity contribution in [1.82, 2.24) is 4.90 Å². The fourth-order valence-corrected chi connectivity index (χ4v) is 2.36. The average Bonchev–Trinajstić information content (AvgIpc) is 2.43. The second kappa shape index (κ2) is 5.64. The van der Waals surface area contributed by atoms with Crippen molar-refractivity contribution >= 4 is 11.7 Å². The van der Waals surface area contributed by atoms with Gasteiger partial charge in [0.1, 0.15) is 5.78 Å². The number of benzene rings is 1. The van der Waals surface area contributed by atoms with Crippen molar-refractivity contribution in [1.29, 1.82) is 0 Å². The minimum absolute atomic E-state index is 0.142. The molecule has 0 aromatic heterocycles. The molecular formula is C14H14F3NO2. The van der Waals surface area contributed by atoms with Gasteiger partial charge in [0.05, 0.1) is 0 Å². The van der Waals surface area contributed by atoms with Gasteiger partial charge in [-0.2, -0.15) is 0 Å². The molecule has 1 saturated carbocycles. The van der Waals surface area contributed by atoms with Crippen LogP contribution >= 0.6 is 0 Å². The van der Waals surface area contributed by atoms with E-state index in [4.69, 9.17) is 0 Å². The van der Waals surface area contributed by atoms with Gasteiger partial charge in [0.15, 0.2) is 17.5 Å². The highest BCUT2D eigenvalue weighted by molar-refractivity contribution is 5.94. The fourth-order valence-electron chi connectivity index (χ4n) is 2.36. The minimum atomic E-state index is -1.59. The van der Waals surface area contributed by atoms with Gasteiger partial charge < -0.3 is 4.90 Å². The number of carbonyl (C=O) groups is 2. The van der Waals surface area contributed by atoms with Crippen molar-refractivity contribution in [3.63, 3.8) is 0 Å². The van der Waals surface area contributed by atoms with Gasteiger partial charge in [0.2, 0.25) is 0 Å². The van der Waals surface area contributed by atoms with Crippen molar-refractivity contribution in [3.8, 4) is 0 Å². The maximum atomic E-state index is 13.1. The molecule has 3 nitrogen and oxygen atoms in total. The zero-order chi connectivity index (χ0) is 14.9. The number of Topliss-reactive ketones (excluding diaryl/α,β-unsaturated/α-hetero) is 1. The first-order chi connectivity index (χ1) is 9.40.